The Labute approximate surface area is 151 Å². The Kier molecular flexibility index (Phi) is 6.17. The third-order valence-electron chi connectivity index (χ3n) is 3.39. The molecule has 0 unspecified atom stereocenters. The predicted molar refractivity (Wildman–Crippen MR) is 96.5 cm³/mol. The van der Waals surface area contributed by atoms with E-state index in [0.29, 0.717) is 33.8 Å². The summed E-state index contributed by atoms with van der Waals surface area (Å²) in [6.45, 7) is 0.410. The Hall–Kier alpha value is -2.11. The lowest BCUT2D eigenvalue weighted by molar-refractivity contribution is 0.220. The number of hydrogen-bond donors (Lipinski definition) is 1. The van der Waals surface area contributed by atoms with Crippen LogP contribution in [0.1, 0.15) is 5.56 Å². The number of carbonyl (C=O) groups is 1. The van der Waals surface area contributed by atoms with Gasteiger partial charge in [-0.15, -0.1) is 0 Å². The lowest BCUT2D eigenvalue weighted by atomic mass is 10.2. The summed E-state index contributed by atoms with van der Waals surface area (Å²) in [6, 6.07) is 10.2. The van der Waals surface area contributed by atoms with Gasteiger partial charge in [0.1, 0.15) is 0 Å². The number of nitrogens with zero attached hydrogens (tertiary/aromatic N) is 1. The van der Waals surface area contributed by atoms with E-state index in [0.717, 1.165) is 5.56 Å². The molecule has 2 aromatic carbocycles. The average molecular weight is 369 g/mol. The molecule has 0 saturated carbocycles. The molecule has 5 nitrogen and oxygen atoms in total. The van der Waals surface area contributed by atoms with Crippen molar-refractivity contribution in [1.82, 2.24) is 4.90 Å². The van der Waals surface area contributed by atoms with E-state index in [4.69, 9.17) is 32.7 Å². The van der Waals surface area contributed by atoms with Crippen molar-refractivity contribution in [2.45, 2.75) is 6.54 Å². The number of nitrogens with one attached hydrogen (secondary N) is 1. The Morgan fingerprint density at radius 2 is 1.75 bits per heavy atom. The molecule has 0 saturated heterocycles. The van der Waals surface area contributed by atoms with E-state index in [1.54, 1.807) is 50.4 Å². The molecule has 128 valence electrons. The molecule has 7 heteroatoms. The molecule has 0 aliphatic heterocycles. The van der Waals surface area contributed by atoms with Crippen molar-refractivity contribution >= 4 is 34.9 Å². The van der Waals surface area contributed by atoms with Crippen LogP contribution in [0, 0.1) is 0 Å². The molecular weight excluding hydrogens is 351 g/mol. The number of ether oxygens (including phenoxy) is 2. The summed E-state index contributed by atoms with van der Waals surface area (Å²) in [5, 5.41) is 3.59. The highest BCUT2D eigenvalue weighted by Gasteiger charge is 2.12. The summed E-state index contributed by atoms with van der Waals surface area (Å²) in [7, 11) is 4.85. The largest absolute Gasteiger partial charge is 0.493 e. The molecule has 0 aliphatic rings. The van der Waals surface area contributed by atoms with Gasteiger partial charge in [0.05, 0.1) is 24.3 Å². The monoisotopic (exact) mass is 368 g/mol. The van der Waals surface area contributed by atoms with Crippen LogP contribution in [0.15, 0.2) is 36.4 Å². The van der Waals surface area contributed by atoms with Crippen LogP contribution >= 0.6 is 23.2 Å². The minimum Gasteiger partial charge on any atom is -0.493 e. The highest BCUT2D eigenvalue weighted by molar-refractivity contribution is 6.42. The van der Waals surface area contributed by atoms with E-state index in [-0.39, 0.29) is 6.03 Å². The fraction of sp³-hybridized carbons (Fsp3) is 0.235. The standard InChI is InChI=1S/C17H18Cl2N2O3/c1-21(10-11-4-7-15(23-2)16(8-11)24-3)17(22)20-12-5-6-13(18)14(19)9-12/h4-9H,10H2,1-3H3,(H,20,22). The van der Waals surface area contributed by atoms with E-state index in [1.165, 1.54) is 0 Å². The van der Waals surface area contributed by atoms with Crippen LogP contribution in [-0.4, -0.2) is 32.2 Å². The summed E-state index contributed by atoms with van der Waals surface area (Å²) >= 11 is 11.8. The van der Waals surface area contributed by atoms with Crippen molar-refractivity contribution in [1.29, 1.82) is 0 Å². The second-order valence-electron chi connectivity index (χ2n) is 5.10. The SMILES string of the molecule is COc1ccc(CN(C)C(=O)Nc2ccc(Cl)c(Cl)c2)cc1OC. The summed E-state index contributed by atoms with van der Waals surface area (Å²) in [5.41, 5.74) is 1.49. The van der Waals surface area contributed by atoms with E-state index in [2.05, 4.69) is 5.32 Å². The first-order chi connectivity index (χ1) is 11.4. The van der Waals surface area contributed by atoms with Crippen LogP contribution in [0.3, 0.4) is 0 Å². The second kappa shape index (κ2) is 8.13. The number of rotatable bonds is 5. The molecule has 24 heavy (non-hydrogen) atoms. The number of halogens is 2. The first kappa shape index (κ1) is 18.2. The van der Waals surface area contributed by atoms with Gasteiger partial charge in [0.25, 0.3) is 0 Å². The van der Waals surface area contributed by atoms with E-state index >= 15 is 0 Å². The quantitative estimate of drug-likeness (QED) is 0.833. The molecule has 0 spiro atoms. The number of hydrogen-bond acceptors (Lipinski definition) is 3. The van der Waals surface area contributed by atoms with Crippen molar-refractivity contribution in [2.75, 3.05) is 26.6 Å². The molecule has 0 aliphatic carbocycles. The number of benzene rings is 2. The summed E-state index contributed by atoms with van der Waals surface area (Å²) in [6.07, 6.45) is 0. The van der Waals surface area contributed by atoms with E-state index in [1.807, 2.05) is 12.1 Å². The Bertz CT molecular complexity index is 738. The van der Waals surface area contributed by atoms with Crippen molar-refractivity contribution < 1.29 is 14.3 Å². The molecular formula is C17H18Cl2N2O3. The van der Waals surface area contributed by atoms with Gasteiger partial charge < -0.3 is 19.7 Å². The van der Waals surface area contributed by atoms with Gasteiger partial charge in [0, 0.05) is 19.3 Å². The van der Waals surface area contributed by atoms with Gasteiger partial charge in [0.15, 0.2) is 11.5 Å². The third-order valence-corrected chi connectivity index (χ3v) is 4.12. The first-order valence-corrected chi connectivity index (χ1v) is 7.88. The maximum atomic E-state index is 12.3. The van der Waals surface area contributed by atoms with Crippen LogP contribution in [-0.2, 0) is 6.54 Å². The van der Waals surface area contributed by atoms with Gasteiger partial charge in [-0.25, -0.2) is 4.79 Å². The zero-order chi connectivity index (χ0) is 17.7. The normalized spacial score (nSPS) is 10.2. The van der Waals surface area contributed by atoms with Gasteiger partial charge in [-0.05, 0) is 35.9 Å². The van der Waals surface area contributed by atoms with Gasteiger partial charge in [-0.3, -0.25) is 0 Å². The molecule has 2 aromatic rings. The number of methoxy groups -OCH3 is 2. The van der Waals surface area contributed by atoms with Crippen LogP contribution in [0.4, 0.5) is 10.5 Å². The number of amides is 2. The second-order valence-corrected chi connectivity index (χ2v) is 5.92. The summed E-state index contributed by atoms with van der Waals surface area (Å²) in [5.74, 6) is 1.26. The van der Waals surface area contributed by atoms with Crippen molar-refractivity contribution in [2.24, 2.45) is 0 Å². The first-order valence-electron chi connectivity index (χ1n) is 7.12. The molecule has 2 rings (SSSR count). The van der Waals surface area contributed by atoms with Crippen molar-refractivity contribution in [3.63, 3.8) is 0 Å². The van der Waals surface area contributed by atoms with Gasteiger partial charge >= 0.3 is 6.03 Å². The zero-order valence-electron chi connectivity index (χ0n) is 13.6. The van der Waals surface area contributed by atoms with Crippen molar-refractivity contribution in [3.8, 4) is 11.5 Å². The highest BCUT2D eigenvalue weighted by atomic mass is 35.5. The number of anilines is 1. The van der Waals surface area contributed by atoms with E-state index in [9.17, 15) is 4.79 Å². The molecule has 0 radical (unpaired) electrons. The molecule has 2 amide bonds. The summed E-state index contributed by atoms with van der Waals surface area (Å²) < 4.78 is 10.5. The molecule has 0 bridgehead atoms. The Morgan fingerprint density at radius 3 is 2.38 bits per heavy atom. The van der Waals surface area contributed by atoms with Crippen molar-refractivity contribution in [3.05, 3.63) is 52.0 Å². The lowest BCUT2D eigenvalue weighted by Gasteiger charge is -2.19. The predicted octanol–water partition coefficient (Wildman–Crippen LogP) is 4.67. The van der Waals surface area contributed by atoms with Crippen LogP contribution in [0.5, 0.6) is 11.5 Å². The fourth-order valence-corrected chi connectivity index (χ4v) is 2.42. The fourth-order valence-electron chi connectivity index (χ4n) is 2.12. The number of carbonyl (C=O) groups excluding carboxylic acids is 1. The third kappa shape index (κ3) is 4.46. The topological polar surface area (TPSA) is 50.8 Å². The summed E-state index contributed by atoms with van der Waals surface area (Å²) in [4.78, 5) is 13.8. The van der Waals surface area contributed by atoms with Gasteiger partial charge in [-0.2, -0.15) is 0 Å². The molecule has 0 atom stereocenters. The molecule has 0 heterocycles. The average Bonchev–Trinajstić information content (AvgIpc) is 2.57. The Balaban J connectivity index is 2.04. The lowest BCUT2D eigenvalue weighted by Crippen LogP contribution is -2.30. The van der Waals surface area contributed by atoms with Crippen LogP contribution < -0.4 is 14.8 Å². The maximum absolute atomic E-state index is 12.3. The highest BCUT2D eigenvalue weighted by Crippen LogP contribution is 2.28. The minimum atomic E-state index is -0.261. The molecule has 1 N–H and O–H groups in total. The van der Waals surface area contributed by atoms with Crippen LogP contribution in [0.25, 0.3) is 0 Å². The Morgan fingerprint density at radius 1 is 1.04 bits per heavy atom. The van der Waals surface area contributed by atoms with Gasteiger partial charge in [0.2, 0.25) is 0 Å². The van der Waals surface area contributed by atoms with E-state index < -0.39 is 0 Å². The minimum absolute atomic E-state index is 0.261. The molecule has 0 aromatic heterocycles. The smallest absolute Gasteiger partial charge is 0.321 e. The van der Waals surface area contributed by atoms with Gasteiger partial charge in [-0.1, -0.05) is 29.3 Å². The maximum Gasteiger partial charge on any atom is 0.321 e. The zero-order valence-corrected chi connectivity index (χ0v) is 15.1. The molecule has 0 fully saturated rings. The van der Waals surface area contributed by atoms with Crippen LogP contribution in [0.2, 0.25) is 10.0 Å². The number of urea groups is 1.